The molecule has 0 unspecified atom stereocenters. The molecule has 0 aromatic carbocycles. The van der Waals surface area contributed by atoms with Crippen LogP contribution in [0.5, 0.6) is 0 Å². The third-order valence-corrected chi connectivity index (χ3v) is 4.26. The van der Waals surface area contributed by atoms with Gasteiger partial charge in [0, 0.05) is 18.3 Å². The number of anilines is 2. The van der Waals surface area contributed by atoms with E-state index in [2.05, 4.69) is 56.6 Å². The lowest BCUT2D eigenvalue weighted by Gasteiger charge is -2.23. The first-order valence-corrected chi connectivity index (χ1v) is 6.99. The van der Waals surface area contributed by atoms with Gasteiger partial charge in [0.1, 0.15) is 22.4 Å². The van der Waals surface area contributed by atoms with E-state index in [4.69, 9.17) is 0 Å². The van der Waals surface area contributed by atoms with Crippen molar-refractivity contribution in [2.24, 2.45) is 0 Å². The third kappa shape index (κ3) is 3.52. The molecule has 0 spiro atoms. The average molecular weight is 305 g/mol. The molecule has 0 amide bonds. The minimum Gasteiger partial charge on any atom is -0.372 e. The highest BCUT2D eigenvalue weighted by Gasteiger charge is 2.17. The van der Waals surface area contributed by atoms with Crippen LogP contribution in [0.2, 0.25) is 0 Å². The molecule has 0 fully saturated rings. The normalized spacial score (nSPS) is 11.3. The number of hydrogen-bond donors (Lipinski definition) is 2. The van der Waals surface area contributed by atoms with Gasteiger partial charge < -0.3 is 10.6 Å². The lowest BCUT2D eigenvalue weighted by molar-refractivity contribution is 0.749. The minimum atomic E-state index is 0.185. The molecule has 0 aliphatic heterocycles. The first kappa shape index (κ1) is 13.6. The smallest absolute Gasteiger partial charge is 0.145 e. The van der Waals surface area contributed by atoms with Gasteiger partial charge in [0.25, 0.3) is 0 Å². The molecule has 4 nitrogen and oxygen atoms in total. The van der Waals surface area contributed by atoms with Crippen molar-refractivity contribution in [3.05, 3.63) is 10.8 Å². The third-order valence-electron chi connectivity index (χ3n) is 2.26. The Bertz CT molecular complexity index is 357. The fourth-order valence-electron chi connectivity index (χ4n) is 1.04. The van der Waals surface area contributed by atoms with Gasteiger partial charge in [-0.25, -0.2) is 9.97 Å². The number of halogens is 1. The predicted molar refractivity (Wildman–Crippen MR) is 75.4 cm³/mol. The summed E-state index contributed by atoms with van der Waals surface area (Å²) >= 11 is 5.30. The summed E-state index contributed by atoms with van der Waals surface area (Å²) < 4.78 is 1.05. The zero-order chi connectivity index (χ0) is 12.2. The highest BCUT2D eigenvalue weighted by atomic mass is 79.9. The second kappa shape index (κ2) is 5.72. The molecule has 1 heterocycles. The second-order valence-corrected chi connectivity index (χ2v) is 6.26. The summed E-state index contributed by atoms with van der Waals surface area (Å²) in [6.45, 7) is 5.24. The molecule has 2 N–H and O–H groups in total. The van der Waals surface area contributed by atoms with Crippen molar-refractivity contribution in [1.82, 2.24) is 9.97 Å². The van der Waals surface area contributed by atoms with Crippen molar-refractivity contribution in [3.8, 4) is 0 Å². The molecule has 0 atom stereocenters. The van der Waals surface area contributed by atoms with Crippen LogP contribution in [-0.4, -0.2) is 34.6 Å². The van der Waals surface area contributed by atoms with E-state index in [0.29, 0.717) is 0 Å². The fraction of sp³-hybridized carbons (Fsp3) is 0.600. The molecule has 0 saturated heterocycles. The van der Waals surface area contributed by atoms with Crippen molar-refractivity contribution in [3.63, 3.8) is 0 Å². The van der Waals surface area contributed by atoms with Gasteiger partial charge in [-0.05, 0) is 36.0 Å². The van der Waals surface area contributed by atoms with Crippen LogP contribution in [0.3, 0.4) is 0 Å². The van der Waals surface area contributed by atoms with Gasteiger partial charge in [0.2, 0.25) is 0 Å². The van der Waals surface area contributed by atoms with Crippen LogP contribution >= 0.6 is 27.7 Å². The molecule has 1 aromatic heterocycles. The number of thioether (sulfide) groups is 1. The zero-order valence-corrected chi connectivity index (χ0v) is 12.4. The van der Waals surface area contributed by atoms with Crippen LogP contribution in [0.4, 0.5) is 11.6 Å². The van der Waals surface area contributed by atoms with Gasteiger partial charge >= 0.3 is 0 Å². The summed E-state index contributed by atoms with van der Waals surface area (Å²) in [5, 5.41) is 6.32. The summed E-state index contributed by atoms with van der Waals surface area (Å²) in [5.41, 5.74) is 0. The van der Waals surface area contributed by atoms with Gasteiger partial charge in [-0.2, -0.15) is 11.8 Å². The standard InChI is InChI=1S/C10H17BrN4S/c1-10(2,16-4)5-13-9-7(11)8(12-3)14-6-15-9/h6H,5H2,1-4H3,(H2,12,13,14,15). The molecule has 90 valence electrons. The monoisotopic (exact) mass is 304 g/mol. The van der Waals surface area contributed by atoms with Crippen LogP contribution in [-0.2, 0) is 0 Å². The maximum Gasteiger partial charge on any atom is 0.145 e. The molecule has 0 radical (unpaired) electrons. The highest BCUT2D eigenvalue weighted by molar-refractivity contribution is 9.10. The van der Waals surface area contributed by atoms with E-state index < -0.39 is 0 Å². The van der Waals surface area contributed by atoms with E-state index in [1.807, 2.05) is 18.8 Å². The molecule has 0 aliphatic rings. The summed E-state index contributed by atoms with van der Waals surface area (Å²) in [6.07, 6.45) is 3.65. The topological polar surface area (TPSA) is 49.8 Å². The van der Waals surface area contributed by atoms with Crippen molar-refractivity contribution < 1.29 is 0 Å². The average Bonchev–Trinajstić information content (AvgIpc) is 2.28. The van der Waals surface area contributed by atoms with Gasteiger partial charge in [-0.3, -0.25) is 0 Å². The first-order valence-electron chi connectivity index (χ1n) is 4.97. The van der Waals surface area contributed by atoms with Gasteiger partial charge in [-0.15, -0.1) is 0 Å². The van der Waals surface area contributed by atoms with Crippen molar-refractivity contribution in [2.45, 2.75) is 18.6 Å². The van der Waals surface area contributed by atoms with Crippen LogP contribution in [0, 0.1) is 0 Å². The molecule has 0 saturated carbocycles. The number of nitrogens with one attached hydrogen (secondary N) is 2. The van der Waals surface area contributed by atoms with E-state index in [0.717, 1.165) is 22.7 Å². The maximum absolute atomic E-state index is 4.21. The van der Waals surface area contributed by atoms with Crippen LogP contribution < -0.4 is 10.6 Å². The largest absolute Gasteiger partial charge is 0.372 e. The molecular formula is C10H17BrN4S. The van der Waals surface area contributed by atoms with E-state index in [9.17, 15) is 0 Å². The quantitative estimate of drug-likeness (QED) is 0.876. The fourth-order valence-corrected chi connectivity index (χ4v) is 1.80. The first-order chi connectivity index (χ1) is 7.50. The number of hydrogen-bond acceptors (Lipinski definition) is 5. The lowest BCUT2D eigenvalue weighted by atomic mass is 10.2. The summed E-state index contributed by atoms with van der Waals surface area (Å²) in [5.74, 6) is 1.61. The number of nitrogens with zero attached hydrogens (tertiary/aromatic N) is 2. The van der Waals surface area contributed by atoms with Crippen LogP contribution in [0.15, 0.2) is 10.8 Å². The Hall–Kier alpha value is -0.490. The van der Waals surface area contributed by atoms with Gasteiger partial charge in [0.05, 0.1) is 0 Å². The maximum atomic E-state index is 4.21. The van der Waals surface area contributed by atoms with Crippen molar-refractivity contribution >= 4 is 39.3 Å². The highest BCUT2D eigenvalue weighted by Crippen LogP contribution is 2.28. The summed E-state index contributed by atoms with van der Waals surface area (Å²) in [4.78, 5) is 8.31. The zero-order valence-electron chi connectivity index (χ0n) is 9.97. The molecule has 1 rings (SSSR count). The van der Waals surface area contributed by atoms with E-state index in [1.54, 1.807) is 6.33 Å². The SMILES string of the molecule is CNc1ncnc(NCC(C)(C)SC)c1Br. The van der Waals surface area contributed by atoms with Crippen LogP contribution in [0.1, 0.15) is 13.8 Å². The van der Waals surface area contributed by atoms with Crippen molar-refractivity contribution in [1.29, 1.82) is 0 Å². The Morgan fingerprint density at radius 1 is 1.38 bits per heavy atom. The predicted octanol–water partition coefficient (Wildman–Crippen LogP) is 2.83. The Balaban J connectivity index is 2.75. The molecule has 0 bridgehead atoms. The molecule has 16 heavy (non-hydrogen) atoms. The molecular weight excluding hydrogens is 288 g/mol. The Kier molecular flexibility index (Phi) is 4.86. The van der Waals surface area contributed by atoms with Crippen LogP contribution in [0.25, 0.3) is 0 Å². The Morgan fingerprint density at radius 2 is 2.00 bits per heavy atom. The lowest BCUT2D eigenvalue weighted by Crippen LogP contribution is -2.26. The van der Waals surface area contributed by atoms with E-state index in [1.165, 1.54) is 0 Å². The minimum absolute atomic E-state index is 0.185. The van der Waals surface area contributed by atoms with E-state index >= 15 is 0 Å². The Labute approximate surface area is 109 Å². The molecule has 0 aliphatic carbocycles. The van der Waals surface area contributed by atoms with Gasteiger partial charge in [-0.1, -0.05) is 0 Å². The number of rotatable bonds is 5. The second-order valence-electron chi connectivity index (χ2n) is 3.95. The molecule has 6 heteroatoms. The summed E-state index contributed by atoms with van der Waals surface area (Å²) in [7, 11) is 1.84. The molecule has 1 aromatic rings. The Morgan fingerprint density at radius 3 is 2.56 bits per heavy atom. The van der Waals surface area contributed by atoms with Crippen molar-refractivity contribution in [2.75, 3.05) is 30.5 Å². The number of aromatic nitrogens is 2. The van der Waals surface area contributed by atoms with Gasteiger partial charge in [0.15, 0.2) is 0 Å². The summed E-state index contributed by atoms with van der Waals surface area (Å²) in [6, 6.07) is 0. The van der Waals surface area contributed by atoms with E-state index in [-0.39, 0.29) is 4.75 Å².